The van der Waals surface area contributed by atoms with E-state index in [0.29, 0.717) is 5.02 Å². The number of likely N-dealkylation sites (N-methyl/N-ethyl adjacent to an activating group) is 1. The molecule has 0 heterocycles. The molecule has 0 aliphatic rings. The van der Waals surface area contributed by atoms with Gasteiger partial charge in [-0.25, -0.2) is 0 Å². The van der Waals surface area contributed by atoms with Gasteiger partial charge in [0.2, 0.25) is 11.8 Å². The Labute approximate surface area is 112 Å². The molecule has 5 heteroatoms. The van der Waals surface area contributed by atoms with Gasteiger partial charge in [-0.1, -0.05) is 23.7 Å². The standard InChI is InChI=1S/C13H17ClN2O2/c1-9(11-4-6-12(14)7-5-11)16(10(2)17)8-13(18)15-3/h4-7,9H,8H2,1-3H3,(H,15,18). The fourth-order valence-electron chi connectivity index (χ4n) is 1.68. The lowest BCUT2D eigenvalue weighted by Gasteiger charge is -2.27. The van der Waals surface area contributed by atoms with Crippen LogP contribution in [0, 0.1) is 0 Å². The molecule has 0 fully saturated rings. The van der Waals surface area contributed by atoms with Gasteiger partial charge < -0.3 is 10.2 Å². The average molecular weight is 269 g/mol. The SMILES string of the molecule is CNC(=O)CN(C(C)=O)C(C)c1ccc(Cl)cc1. The molecule has 0 radical (unpaired) electrons. The number of nitrogens with zero attached hydrogens (tertiary/aromatic N) is 1. The van der Waals surface area contributed by atoms with Crippen molar-refractivity contribution >= 4 is 23.4 Å². The van der Waals surface area contributed by atoms with Crippen molar-refractivity contribution in [2.45, 2.75) is 19.9 Å². The Balaban J connectivity index is 2.88. The Kier molecular flexibility index (Phi) is 5.16. The molecular weight excluding hydrogens is 252 g/mol. The van der Waals surface area contributed by atoms with Gasteiger partial charge in [0.1, 0.15) is 6.54 Å². The number of hydrogen-bond acceptors (Lipinski definition) is 2. The summed E-state index contributed by atoms with van der Waals surface area (Å²) in [5, 5.41) is 3.16. The van der Waals surface area contributed by atoms with Gasteiger partial charge in [0, 0.05) is 19.0 Å². The fraction of sp³-hybridized carbons (Fsp3) is 0.385. The molecule has 18 heavy (non-hydrogen) atoms. The van der Waals surface area contributed by atoms with E-state index in [0.717, 1.165) is 5.56 Å². The molecule has 1 unspecified atom stereocenters. The molecule has 0 bridgehead atoms. The first kappa shape index (κ1) is 14.5. The van der Waals surface area contributed by atoms with Crippen molar-refractivity contribution in [2.24, 2.45) is 0 Å². The van der Waals surface area contributed by atoms with Crippen molar-refractivity contribution in [1.82, 2.24) is 10.2 Å². The van der Waals surface area contributed by atoms with Crippen LogP contribution >= 0.6 is 11.6 Å². The lowest BCUT2D eigenvalue weighted by atomic mass is 10.1. The molecule has 98 valence electrons. The summed E-state index contributed by atoms with van der Waals surface area (Å²) < 4.78 is 0. The quantitative estimate of drug-likeness (QED) is 0.908. The number of carbonyl (C=O) groups is 2. The van der Waals surface area contributed by atoms with Gasteiger partial charge in [-0.05, 0) is 24.6 Å². The van der Waals surface area contributed by atoms with Crippen LogP contribution in [0.2, 0.25) is 5.02 Å². The van der Waals surface area contributed by atoms with Crippen LogP contribution < -0.4 is 5.32 Å². The topological polar surface area (TPSA) is 49.4 Å². The number of hydrogen-bond donors (Lipinski definition) is 1. The van der Waals surface area contributed by atoms with Crippen LogP contribution in [0.15, 0.2) is 24.3 Å². The normalized spacial score (nSPS) is 11.8. The molecule has 2 amide bonds. The number of carbonyl (C=O) groups excluding carboxylic acids is 2. The molecule has 1 aromatic carbocycles. The molecular formula is C13H17ClN2O2. The van der Waals surface area contributed by atoms with E-state index in [1.165, 1.54) is 11.8 Å². The van der Waals surface area contributed by atoms with Crippen LogP contribution in [0.5, 0.6) is 0 Å². The maximum atomic E-state index is 11.6. The van der Waals surface area contributed by atoms with Gasteiger partial charge in [0.05, 0.1) is 6.04 Å². The number of rotatable bonds is 4. The Morgan fingerprint density at radius 1 is 1.33 bits per heavy atom. The minimum atomic E-state index is -0.189. The van der Waals surface area contributed by atoms with E-state index in [-0.39, 0.29) is 24.4 Å². The summed E-state index contributed by atoms with van der Waals surface area (Å²) in [6, 6.07) is 7.08. The predicted molar refractivity (Wildman–Crippen MR) is 71.3 cm³/mol. The Hall–Kier alpha value is -1.55. The van der Waals surface area contributed by atoms with E-state index in [1.807, 2.05) is 19.1 Å². The second-order valence-electron chi connectivity index (χ2n) is 4.05. The highest BCUT2D eigenvalue weighted by Crippen LogP contribution is 2.21. The third-order valence-corrected chi connectivity index (χ3v) is 3.07. The zero-order valence-electron chi connectivity index (χ0n) is 10.7. The monoisotopic (exact) mass is 268 g/mol. The summed E-state index contributed by atoms with van der Waals surface area (Å²) in [6.07, 6.45) is 0. The summed E-state index contributed by atoms with van der Waals surface area (Å²) in [6.45, 7) is 3.39. The highest BCUT2D eigenvalue weighted by atomic mass is 35.5. The van der Waals surface area contributed by atoms with E-state index >= 15 is 0 Å². The van der Waals surface area contributed by atoms with Gasteiger partial charge >= 0.3 is 0 Å². The first-order chi connectivity index (χ1) is 8.45. The maximum absolute atomic E-state index is 11.6. The van der Waals surface area contributed by atoms with Crippen molar-refractivity contribution in [3.05, 3.63) is 34.9 Å². The second-order valence-corrected chi connectivity index (χ2v) is 4.48. The van der Waals surface area contributed by atoms with Crippen molar-refractivity contribution in [1.29, 1.82) is 0 Å². The van der Waals surface area contributed by atoms with Crippen LogP contribution in [0.3, 0.4) is 0 Å². The zero-order chi connectivity index (χ0) is 13.7. The molecule has 0 saturated heterocycles. The zero-order valence-corrected chi connectivity index (χ0v) is 11.5. The lowest BCUT2D eigenvalue weighted by Crippen LogP contribution is -2.40. The van der Waals surface area contributed by atoms with E-state index in [2.05, 4.69) is 5.32 Å². The molecule has 1 aromatic rings. The van der Waals surface area contributed by atoms with Crippen molar-refractivity contribution in [3.8, 4) is 0 Å². The van der Waals surface area contributed by atoms with Crippen LogP contribution in [0.4, 0.5) is 0 Å². The summed E-state index contributed by atoms with van der Waals surface area (Å²) in [5.41, 5.74) is 0.943. The Morgan fingerprint density at radius 2 is 1.89 bits per heavy atom. The minimum Gasteiger partial charge on any atom is -0.358 e. The van der Waals surface area contributed by atoms with Gasteiger partial charge in [-0.15, -0.1) is 0 Å². The summed E-state index contributed by atoms with van der Waals surface area (Å²) >= 11 is 5.82. The van der Waals surface area contributed by atoms with Gasteiger partial charge in [0.25, 0.3) is 0 Å². The molecule has 0 aliphatic heterocycles. The number of nitrogens with one attached hydrogen (secondary N) is 1. The fourth-order valence-corrected chi connectivity index (χ4v) is 1.80. The van der Waals surface area contributed by atoms with E-state index in [9.17, 15) is 9.59 Å². The van der Waals surface area contributed by atoms with E-state index in [4.69, 9.17) is 11.6 Å². The molecule has 1 rings (SSSR count). The lowest BCUT2D eigenvalue weighted by molar-refractivity contribution is -0.136. The molecule has 0 spiro atoms. The van der Waals surface area contributed by atoms with Crippen LogP contribution in [0.25, 0.3) is 0 Å². The van der Waals surface area contributed by atoms with Crippen LogP contribution in [-0.4, -0.2) is 30.3 Å². The van der Waals surface area contributed by atoms with Crippen molar-refractivity contribution in [2.75, 3.05) is 13.6 Å². The number of halogens is 1. The Bertz CT molecular complexity index is 431. The first-order valence-corrected chi connectivity index (χ1v) is 6.06. The second kappa shape index (κ2) is 6.40. The number of benzene rings is 1. The summed E-state index contributed by atoms with van der Waals surface area (Å²) in [4.78, 5) is 24.5. The Morgan fingerprint density at radius 3 is 2.33 bits per heavy atom. The highest BCUT2D eigenvalue weighted by Gasteiger charge is 2.20. The largest absolute Gasteiger partial charge is 0.358 e. The third-order valence-electron chi connectivity index (χ3n) is 2.82. The van der Waals surface area contributed by atoms with E-state index < -0.39 is 0 Å². The average Bonchev–Trinajstić information content (AvgIpc) is 2.35. The van der Waals surface area contributed by atoms with Gasteiger partial charge in [0.15, 0.2) is 0 Å². The minimum absolute atomic E-state index is 0.0512. The number of amides is 2. The molecule has 1 N–H and O–H groups in total. The van der Waals surface area contributed by atoms with Gasteiger partial charge in [-0.3, -0.25) is 9.59 Å². The van der Waals surface area contributed by atoms with Crippen molar-refractivity contribution < 1.29 is 9.59 Å². The first-order valence-electron chi connectivity index (χ1n) is 5.69. The molecule has 0 aliphatic carbocycles. The summed E-state index contributed by atoms with van der Waals surface area (Å²) in [7, 11) is 1.55. The maximum Gasteiger partial charge on any atom is 0.239 e. The summed E-state index contributed by atoms with van der Waals surface area (Å²) in [5.74, 6) is -0.327. The molecule has 0 saturated carbocycles. The molecule has 0 aromatic heterocycles. The van der Waals surface area contributed by atoms with Crippen LogP contribution in [-0.2, 0) is 9.59 Å². The predicted octanol–water partition coefficient (Wildman–Crippen LogP) is 2.00. The highest BCUT2D eigenvalue weighted by molar-refractivity contribution is 6.30. The third kappa shape index (κ3) is 3.74. The molecule has 4 nitrogen and oxygen atoms in total. The smallest absolute Gasteiger partial charge is 0.239 e. The molecule has 1 atom stereocenters. The van der Waals surface area contributed by atoms with Gasteiger partial charge in [-0.2, -0.15) is 0 Å². The van der Waals surface area contributed by atoms with Crippen LogP contribution in [0.1, 0.15) is 25.5 Å². The van der Waals surface area contributed by atoms with Crippen molar-refractivity contribution in [3.63, 3.8) is 0 Å². The van der Waals surface area contributed by atoms with E-state index in [1.54, 1.807) is 19.2 Å².